The third kappa shape index (κ3) is 2.79. The minimum atomic E-state index is 0.756. The van der Waals surface area contributed by atoms with E-state index in [-0.39, 0.29) is 0 Å². The van der Waals surface area contributed by atoms with Crippen LogP contribution in [0.1, 0.15) is 12.0 Å². The predicted molar refractivity (Wildman–Crippen MR) is 106 cm³/mol. The lowest BCUT2D eigenvalue weighted by Gasteiger charge is -2.10. The zero-order chi connectivity index (χ0) is 17.3. The van der Waals surface area contributed by atoms with Crippen LogP contribution in [0.4, 0.5) is 0 Å². The van der Waals surface area contributed by atoms with Gasteiger partial charge in [0.05, 0.1) is 11.2 Å². The van der Waals surface area contributed by atoms with E-state index in [2.05, 4.69) is 68.3 Å². The molecule has 3 heterocycles. The van der Waals surface area contributed by atoms with Gasteiger partial charge in [0.25, 0.3) is 0 Å². The van der Waals surface area contributed by atoms with Gasteiger partial charge in [-0.25, -0.2) is 0 Å². The Morgan fingerprint density at radius 2 is 1.96 bits per heavy atom. The molecule has 2 aromatic heterocycles. The summed E-state index contributed by atoms with van der Waals surface area (Å²) in [6.07, 6.45) is 1.28. The summed E-state index contributed by atoms with van der Waals surface area (Å²) < 4.78 is 0. The topological polar surface area (TPSA) is 68.5 Å². The number of hydrogen-bond acceptors (Lipinski definition) is 3. The van der Waals surface area contributed by atoms with Crippen molar-refractivity contribution in [3.8, 4) is 11.4 Å². The zero-order valence-electron chi connectivity index (χ0n) is 14.7. The molecular weight excluding hydrogens is 322 g/mol. The lowest BCUT2D eigenvalue weighted by Crippen LogP contribution is -2.24. The molecule has 1 atom stereocenters. The van der Waals surface area contributed by atoms with Crippen molar-refractivity contribution in [2.75, 3.05) is 19.6 Å². The highest BCUT2D eigenvalue weighted by molar-refractivity contribution is 5.96. The highest BCUT2D eigenvalue weighted by atomic mass is 15.1. The first kappa shape index (κ1) is 15.6. The standard InChI is InChI=1S/C21H23N5/c1-2-6-19-16(5-1)21(26-25-19)20-10-17-15(4-3-7-18(17)24-20)13-23-12-14-8-9-22-11-14/h1-7,10,14,22-24H,8-9,11-13H2,(H,25,26). The molecule has 1 aliphatic heterocycles. The Balaban J connectivity index is 1.44. The van der Waals surface area contributed by atoms with Crippen molar-refractivity contribution < 1.29 is 0 Å². The van der Waals surface area contributed by atoms with Crippen LogP contribution >= 0.6 is 0 Å². The van der Waals surface area contributed by atoms with Crippen LogP contribution in [0.25, 0.3) is 33.2 Å². The fourth-order valence-corrected chi connectivity index (χ4v) is 3.97. The molecule has 26 heavy (non-hydrogen) atoms. The van der Waals surface area contributed by atoms with Crippen molar-refractivity contribution in [3.05, 3.63) is 54.1 Å². The molecule has 5 rings (SSSR count). The number of para-hydroxylation sites is 1. The summed E-state index contributed by atoms with van der Waals surface area (Å²) in [6.45, 7) is 4.26. The molecule has 5 nitrogen and oxygen atoms in total. The zero-order valence-corrected chi connectivity index (χ0v) is 14.7. The van der Waals surface area contributed by atoms with E-state index in [1.807, 2.05) is 6.07 Å². The van der Waals surface area contributed by atoms with E-state index in [1.165, 1.54) is 17.4 Å². The van der Waals surface area contributed by atoms with Crippen molar-refractivity contribution in [3.63, 3.8) is 0 Å². The molecule has 0 aliphatic carbocycles. The van der Waals surface area contributed by atoms with Crippen molar-refractivity contribution in [1.82, 2.24) is 25.8 Å². The summed E-state index contributed by atoms with van der Waals surface area (Å²) >= 11 is 0. The average Bonchev–Trinajstić information content (AvgIpc) is 3.40. The average molecular weight is 345 g/mol. The van der Waals surface area contributed by atoms with E-state index in [9.17, 15) is 0 Å². The molecule has 0 amide bonds. The lowest BCUT2D eigenvalue weighted by atomic mass is 10.1. The van der Waals surface area contributed by atoms with Gasteiger partial charge in [0.15, 0.2) is 0 Å². The van der Waals surface area contributed by atoms with E-state index < -0.39 is 0 Å². The number of fused-ring (bicyclic) bond motifs is 2. The van der Waals surface area contributed by atoms with E-state index in [0.29, 0.717) is 0 Å². The monoisotopic (exact) mass is 345 g/mol. The largest absolute Gasteiger partial charge is 0.353 e. The Labute approximate surface area is 152 Å². The van der Waals surface area contributed by atoms with Crippen molar-refractivity contribution >= 4 is 21.8 Å². The Hall–Kier alpha value is -2.63. The Bertz CT molecular complexity index is 1040. The summed E-state index contributed by atoms with van der Waals surface area (Å²) in [4.78, 5) is 3.54. The number of H-pyrrole nitrogens is 2. The van der Waals surface area contributed by atoms with E-state index in [0.717, 1.165) is 59.9 Å². The molecule has 4 N–H and O–H groups in total. The molecule has 0 spiro atoms. The molecule has 1 fully saturated rings. The summed E-state index contributed by atoms with van der Waals surface area (Å²) in [7, 11) is 0. The van der Waals surface area contributed by atoms with Gasteiger partial charge in [-0.1, -0.05) is 30.3 Å². The predicted octanol–water partition coefficient (Wildman–Crippen LogP) is 3.41. The minimum Gasteiger partial charge on any atom is -0.353 e. The van der Waals surface area contributed by atoms with Gasteiger partial charge in [-0.3, -0.25) is 5.10 Å². The quantitative estimate of drug-likeness (QED) is 0.448. The maximum Gasteiger partial charge on any atom is 0.116 e. The lowest BCUT2D eigenvalue weighted by molar-refractivity contribution is 0.513. The number of aromatic amines is 2. The van der Waals surface area contributed by atoms with Gasteiger partial charge in [0, 0.05) is 22.8 Å². The van der Waals surface area contributed by atoms with Crippen LogP contribution in [-0.4, -0.2) is 34.8 Å². The Morgan fingerprint density at radius 3 is 2.88 bits per heavy atom. The maximum absolute atomic E-state index is 4.53. The molecule has 1 unspecified atom stereocenters. The molecule has 2 aromatic carbocycles. The van der Waals surface area contributed by atoms with Crippen molar-refractivity contribution in [2.45, 2.75) is 13.0 Å². The SMILES string of the molecule is c1cc(CNCC2CCNC2)c2cc(-c3n[nH]c4ccccc34)[nH]c2c1. The number of rotatable bonds is 5. The number of hydrogen-bond donors (Lipinski definition) is 4. The van der Waals surface area contributed by atoms with Crippen LogP contribution < -0.4 is 10.6 Å². The first-order valence-corrected chi connectivity index (χ1v) is 9.34. The van der Waals surface area contributed by atoms with E-state index in [1.54, 1.807) is 0 Å². The van der Waals surface area contributed by atoms with Crippen LogP contribution in [0.5, 0.6) is 0 Å². The second-order valence-electron chi connectivity index (χ2n) is 7.17. The summed E-state index contributed by atoms with van der Waals surface area (Å²) in [5.74, 6) is 0.756. The van der Waals surface area contributed by atoms with Crippen LogP contribution in [-0.2, 0) is 6.54 Å². The van der Waals surface area contributed by atoms with Crippen LogP contribution in [0.2, 0.25) is 0 Å². The van der Waals surface area contributed by atoms with Gasteiger partial charge >= 0.3 is 0 Å². The first-order valence-electron chi connectivity index (χ1n) is 9.34. The van der Waals surface area contributed by atoms with E-state index in [4.69, 9.17) is 0 Å². The summed E-state index contributed by atoms with van der Waals surface area (Å²) in [5, 5.41) is 17.1. The summed E-state index contributed by atoms with van der Waals surface area (Å²) in [6, 6.07) is 16.9. The number of aromatic nitrogens is 3. The molecule has 132 valence electrons. The van der Waals surface area contributed by atoms with Crippen molar-refractivity contribution in [2.24, 2.45) is 5.92 Å². The third-order valence-corrected chi connectivity index (χ3v) is 5.39. The molecule has 1 aliphatic rings. The van der Waals surface area contributed by atoms with Crippen LogP contribution in [0.3, 0.4) is 0 Å². The van der Waals surface area contributed by atoms with E-state index >= 15 is 0 Å². The second kappa shape index (κ2) is 6.59. The van der Waals surface area contributed by atoms with Crippen molar-refractivity contribution in [1.29, 1.82) is 0 Å². The second-order valence-corrected chi connectivity index (χ2v) is 7.17. The molecule has 4 aromatic rings. The number of nitrogens with one attached hydrogen (secondary N) is 4. The molecule has 0 saturated carbocycles. The minimum absolute atomic E-state index is 0.756. The number of benzene rings is 2. The maximum atomic E-state index is 4.53. The van der Waals surface area contributed by atoms with Gasteiger partial charge in [0.2, 0.25) is 0 Å². The van der Waals surface area contributed by atoms with Gasteiger partial charge in [0.1, 0.15) is 5.69 Å². The highest BCUT2D eigenvalue weighted by Crippen LogP contribution is 2.29. The summed E-state index contributed by atoms with van der Waals surface area (Å²) in [5.41, 5.74) is 5.59. The van der Waals surface area contributed by atoms with Gasteiger partial charge in [-0.05, 0) is 55.7 Å². The smallest absolute Gasteiger partial charge is 0.116 e. The molecule has 1 saturated heterocycles. The molecule has 0 bridgehead atoms. The fraction of sp³-hybridized carbons (Fsp3) is 0.286. The molecule has 0 radical (unpaired) electrons. The van der Waals surface area contributed by atoms with Gasteiger partial charge in [-0.2, -0.15) is 5.10 Å². The normalized spacial score (nSPS) is 17.5. The molecule has 5 heteroatoms. The fourth-order valence-electron chi connectivity index (χ4n) is 3.97. The number of nitrogens with zero attached hydrogens (tertiary/aromatic N) is 1. The van der Waals surface area contributed by atoms with Gasteiger partial charge in [-0.15, -0.1) is 0 Å². The van der Waals surface area contributed by atoms with Gasteiger partial charge < -0.3 is 15.6 Å². The molecular formula is C21H23N5. The van der Waals surface area contributed by atoms with Crippen LogP contribution in [0.15, 0.2) is 48.5 Å². The van der Waals surface area contributed by atoms with Crippen LogP contribution in [0, 0.1) is 5.92 Å². The third-order valence-electron chi connectivity index (χ3n) is 5.39. The Morgan fingerprint density at radius 1 is 1.04 bits per heavy atom. The highest BCUT2D eigenvalue weighted by Gasteiger charge is 2.15. The first-order chi connectivity index (χ1) is 12.9. The Kier molecular flexibility index (Phi) is 3.96.